The maximum absolute atomic E-state index is 11.4. The van der Waals surface area contributed by atoms with Crippen molar-refractivity contribution in [3.63, 3.8) is 0 Å². The Hall–Kier alpha value is -1.26. The first-order chi connectivity index (χ1) is 8.49. The van der Waals surface area contributed by atoms with Crippen LogP contribution in [0.2, 0.25) is 5.02 Å². The van der Waals surface area contributed by atoms with Crippen LogP contribution in [0.1, 0.15) is 18.9 Å². The molecule has 18 heavy (non-hydrogen) atoms. The Balaban J connectivity index is 2.36. The van der Waals surface area contributed by atoms with Gasteiger partial charge in [0.1, 0.15) is 5.75 Å². The second kappa shape index (κ2) is 7.24. The van der Waals surface area contributed by atoms with Gasteiger partial charge in [-0.05, 0) is 38.0 Å². The van der Waals surface area contributed by atoms with Crippen LogP contribution in [-0.2, 0) is 4.79 Å². The summed E-state index contributed by atoms with van der Waals surface area (Å²) in [6.07, 6.45) is 0.106. The molecule has 0 aliphatic carbocycles. The molecule has 2 N–H and O–H groups in total. The van der Waals surface area contributed by atoms with Crippen LogP contribution in [-0.4, -0.2) is 30.3 Å². The van der Waals surface area contributed by atoms with Gasteiger partial charge in [-0.1, -0.05) is 17.7 Å². The first kappa shape index (κ1) is 14.8. The molecule has 4 nitrogen and oxygen atoms in total. The van der Waals surface area contributed by atoms with Gasteiger partial charge in [0.2, 0.25) is 0 Å². The van der Waals surface area contributed by atoms with Crippen molar-refractivity contribution in [1.82, 2.24) is 5.32 Å². The number of rotatable bonds is 6. The maximum atomic E-state index is 11.4. The minimum absolute atomic E-state index is 0.0804. The zero-order valence-electron chi connectivity index (χ0n) is 10.6. The van der Waals surface area contributed by atoms with Gasteiger partial charge in [-0.3, -0.25) is 4.79 Å². The molecule has 0 bridgehead atoms. The number of aliphatic hydroxyl groups is 1. The Bertz CT molecular complexity index is 407. The topological polar surface area (TPSA) is 58.6 Å². The average Bonchev–Trinajstić information content (AvgIpc) is 2.30. The van der Waals surface area contributed by atoms with E-state index in [0.717, 1.165) is 5.56 Å². The summed E-state index contributed by atoms with van der Waals surface area (Å²) in [5.74, 6) is 0.274. The van der Waals surface area contributed by atoms with E-state index in [1.54, 1.807) is 19.1 Å². The quantitative estimate of drug-likeness (QED) is 0.831. The molecule has 5 heteroatoms. The van der Waals surface area contributed by atoms with Gasteiger partial charge in [0, 0.05) is 6.54 Å². The van der Waals surface area contributed by atoms with Crippen molar-refractivity contribution in [2.75, 3.05) is 13.2 Å². The third-order valence-corrected chi connectivity index (χ3v) is 2.64. The maximum Gasteiger partial charge on any atom is 0.257 e. The lowest BCUT2D eigenvalue weighted by molar-refractivity contribution is -0.123. The zero-order chi connectivity index (χ0) is 13.5. The van der Waals surface area contributed by atoms with Crippen LogP contribution in [0.25, 0.3) is 0 Å². The minimum Gasteiger partial charge on any atom is -0.482 e. The predicted octanol–water partition coefficient (Wildman–Crippen LogP) is 1.91. The summed E-state index contributed by atoms with van der Waals surface area (Å²) in [7, 11) is 0. The van der Waals surface area contributed by atoms with Gasteiger partial charge in [0.05, 0.1) is 11.1 Å². The van der Waals surface area contributed by atoms with Crippen LogP contribution in [0.4, 0.5) is 0 Å². The van der Waals surface area contributed by atoms with Crippen molar-refractivity contribution in [1.29, 1.82) is 0 Å². The normalized spacial score (nSPS) is 12.0. The van der Waals surface area contributed by atoms with Crippen molar-refractivity contribution >= 4 is 17.5 Å². The standard InChI is InChI=1S/C13H18ClNO3/c1-9-3-4-11(14)12(7-9)18-8-13(17)15-6-5-10(2)16/h3-4,7,10,16H,5-6,8H2,1-2H3,(H,15,17). The molecule has 0 spiro atoms. The highest BCUT2D eigenvalue weighted by molar-refractivity contribution is 6.32. The fourth-order valence-electron chi connectivity index (χ4n) is 1.34. The van der Waals surface area contributed by atoms with E-state index in [9.17, 15) is 4.79 Å². The number of carbonyl (C=O) groups is 1. The summed E-state index contributed by atoms with van der Waals surface area (Å²) in [4.78, 5) is 11.4. The molecule has 1 aromatic carbocycles. The van der Waals surface area contributed by atoms with E-state index in [1.165, 1.54) is 0 Å². The number of aliphatic hydroxyl groups excluding tert-OH is 1. The smallest absolute Gasteiger partial charge is 0.257 e. The van der Waals surface area contributed by atoms with Gasteiger partial charge in [-0.2, -0.15) is 0 Å². The van der Waals surface area contributed by atoms with Crippen LogP contribution < -0.4 is 10.1 Å². The fraction of sp³-hybridized carbons (Fsp3) is 0.462. The Kier molecular flexibility index (Phi) is 5.95. The van der Waals surface area contributed by atoms with Gasteiger partial charge in [-0.15, -0.1) is 0 Å². The molecular formula is C13H18ClNO3. The molecule has 0 aliphatic heterocycles. The third kappa shape index (κ3) is 5.38. The van der Waals surface area contributed by atoms with E-state index < -0.39 is 6.10 Å². The molecule has 1 unspecified atom stereocenters. The van der Waals surface area contributed by atoms with Gasteiger partial charge in [0.15, 0.2) is 6.61 Å². The highest BCUT2D eigenvalue weighted by Gasteiger charge is 2.06. The van der Waals surface area contributed by atoms with E-state index >= 15 is 0 Å². The van der Waals surface area contributed by atoms with Crippen molar-refractivity contribution in [2.24, 2.45) is 0 Å². The number of aryl methyl sites for hydroxylation is 1. The highest BCUT2D eigenvalue weighted by atomic mass is 35.5. The predicted molar refractivity (Wildman–Crippen MR) is 71.0 cm³/mol. The minimum atomic E-state index is -0.419. The van der Waals surface area contributed by atoms with E-state index in [0.29, 0.717) is 23.7 Å². The number of carbonyl (C=O) groups excluding carboxylic acids is 1. The van der Waals surface area contributed by atoms with Crippen LogP contribution in [0.3, 0.4) is 0 Å². The molecular weight excluding hydrogens is 254 g/mol. The number of ether oxygens (including phenoxy) is 1. The SMILES string of the molecule is Cc1ccc(Cl)c(OCC(=O)NCCC(C)O)c1. The average molecular weight is 272 g/mol. The molecule has 0 fully saturated rings. The number of amides is 1. The summed E-state index contributed by atoms with van der Waals surface area (Å²) in [6.45, 7) is 3.95. The van der Waals surface area contributed by atoms with Crippen molar-refractivity contribution in [3.05, 3.63) is 28.8 Å². The number of hydrogen-bond donors (Lipinski definition) is 2. The molecule has 1 amide bonds. The Morgan fingerprint density at radius 1 is 1.56 bits per heavy atom. The first-order valence-electron chi connectivity index (χ1n) is 5.82. The largest absolute Gasteiger partial charge is 0.482 e. The number of halogens is 1. The summed E-state index contributed by atoms with van der Waals surface area (Å²) in [6, 6.07) is 5.39. The van der Waals surface area contributed by atoms with Gasteiger partial charge in [-0.25, -0.2) is 0 Å². The monoisotopic (exact) mass is 271 g/mol. The zero-order valence-corrected chi connectivity index (χ0v) is 11.3. The van der Waals surface area contributed by atoms with Gasteiger partial charge in [0.25, 0.3) is 5.91 Å². The molecule has 0 saturated heterocycles. The number of nitrogens with one attached hydrogen (secondary N) is 1. The molecule has 0 radical (unpaired) electrons. The summed E-state index contributed by atoms with van der Waals surface area (Å²) >= 11 is 5.94. The molecule has 0 heterocycles. The van der Waals surface area contributed by atoms with Crippen LogP contribution in [0, 0.1) is 6.92 Å². The van der Waals surface area contributed by atoms with Crippen LogP contribution in [0.5, 0.6) is 5.75 Å². The van der Waals surface area contributed by atoms with Gasteiger partial charge < -0.3 is 15.2 Å². The van der Waals surface area contributed by atoms with E-state index in [-0.39, 0.29) is 12.5 Å². The fourth-order valence-corrected chi connectivity index (χ4v) is 1.51. The lowest BCUT2D eigenvalue weighted by Gasteiger charge is -2.10. The molecule has 1 atom stereocenters. The van der Waals surface area contributed by atoms with E-state index in [4.69, 9.17) is 21.4 Å². The molecule has 0 aromatic heterocycles. The summed E-state index contributed by atoms with van der Waals surface area (Å²) < 4.78 is 5.33. The third-order valence-electron chi connectivity index (χ3n) is 2.33. The number of hydrogen-bond acceptors (Lipinski definition) is 3. The number of benzene rings is 1. The second-order valence-electron chi connectivity index (χ2n) is 4.21. The second-order valence-corrected chi connectivity index (χ2v) is 4.62. The Morgan fingerprint density at radius 2 is 2.28 bits per heavy atom. The lowest BCUT2D eigenvalue weighted by Crippen LogP contribution is -2.31. The van der Waals surface area contributed by atoms with Crippen molar-refractivity contribution < 1.29 is 14.6 Å². The molecule has 1 aromatic rings. The van der Waals surface area contributed by atoms with Crippen molar-refractivity contribution in [3.8, 4) is 5.75 Å². The highest BCUT2D eigenvalue weighted by Crippen LogP contribution is 2.24. The summed E-state index contributed by atoms with van der Waals surface area (Å²) in [5.41, 5.74) is 1.02. The molecule has 1 rings (SSSR count). The first-order valence-corrected chi connectivity index (χ1v) is 6.20. The van der Waals surface area contributed by atoms with Crippen LogP contribution >= 0.6 is 11.6 Å². The van der Waals surface area contributed by atoms with E-state index in [1.807, 2.05) is 13.0 Å². The summed E-state index contributed by atoms with van der Waals surface area (Å²) in [5, 5.41) is 12.2. The molecule has 0 saturated carbocycles. The van der Waals surface area contributed by atoms with Crippen LogP contribution in [0.15, 0.2) is 18.2 Å². The molecule has 100 valence electrons. The molecule has 0 aliphatic rings. The Morgan fingerprint density at radius 3 is 2.94 bits per heavy atom. The lowest BCUT2D eigenvalue weighted by atomic mass is 10.2. The Labute approximate surface area is 112 Å². The van der Waals surface area contributed by atoms with E-state index in [2.05, 4.69) is 5.32 Å². The van der Waals surface area contributed by atoms with Crippen molar-refractivity contribution in [2.45, 2.75) is 26.4 Å². The van der Waals surface area contributed by atoms with Gasteiger partial charge >= 0.3 is 0 Å².